The first-order valence-corrected chi connectivity index (χ1v) is 7.00. The summed E-state index contributed by atoms with van der Waals surface area (Å²) >= 11 is 3.91. The molecule has 0 amide bonds. The second-order valence-corrected chi connectivity index (χ2v) is 5.59. The molecule has 1 heterocycles. The zero-order chi connectivity index (χ0) is 13.4. The summed E-state index contributed by atoms with van der Waals surface area (Å²) < 4.78 is 0. The van der Waals surface area contributed by atoms with Crippen LogP contribution in [0.4, 0.5) is 5.69 Å². The molecule has 0 aliphatic heterocycles. The third-order valence-corrected chi connectivity index (χ3v) is 4.03. The molecule has 1 aliphatic carbocycles. The van der Waals surface area contributed by atoms with Crippen LogP contribution in [0.15, 0.2) is 24.3 Å². The van der Waals surface area contributed by atoms with Gasteiger partial charge in [0.1, 0.15) is 0 Å². The zero-order valence-electron chi connectivity index (χ0n) is 10.6. The van der Waals surface area contributed by atoms with E-state index in [0.717, 1.165) is 47.1 Å². The highest BCUT2D eigenvalue weighted by Gasteiger charge is 2.26. The van der Waals surface area contributed by atoms with Crippen LogP contribution in [-0.4, -0.2) is 10.1 Å². The van der Waals surface area contributed by atoms with Crippen molar-refractivity contribution in [1.82, 2.24) is 4.98 Å². The third-order valence-electron chi connectivity index (χ3n) is 3.85. The number of nitrogens with two attached hydrogens (primary N) is 1. The van der Waals surface area contributed by atoms with E-state index in [-0.39, 0.29) is 11.0 Å². The second-order valence-electron chi connectivity index (χ2n) is 5.09. The number of nitrogens with zero attached hydrogens (tertiary/aromatic N) is 1. The Labute approximate surface area is 117 Å². The Kier molecular flexibility index (Phi) is 3.19. The number of nitrogen functional groups attached to an aromatic ring is 1. The van der Waals surface area contributed by atoms with Gasteiger partial charge < -0.3 is 5.73 Å². The number of aryl methyl sites for hydroxylation is 1. The molecule has 1 aromatic carbocycles. The summed E-state index contributed by atoms with van der Waals surface area (Å²) in [6, 6.07) is 7.92. The molecule has 3 nitrogen and oxygen atoms in total. The molecule has 1 aromatic heterocycles. The Morgan fingerprint density at radius 3 is 3.00 bits per heavy atom. The molecule has 3 rings (SSSR count). The summed E-state index contributed by atoms with van der Waals surface area (Å²) in [5.41, 5.74) is 10.2. The molecule has 0 spiro atoms. The van der Waals surface area contributed by atoms with Crippen molar-refractivity contribution in [2.45, 2.75) is 31.6 Å². The van der Waals surface area contributed by atoms with E-state index in [1.54, 1.807) is 0 Å². The maximum atomic E-state index is 11.3. The van der Waals surface area contributed by atoms with Crippen molar-refractivity contribution in [2.24, 2.45) is 0 Å². The monoisotopic (exact) mass is 272 g/mol. The lowest BCUT2D eigenvalue weighted by Gasteiger charge is -2.26. The lowest BCUT2D eigenvalue weighted by Crippen LogP contribution is -2.16. The number of pyridine rings is 1. The summed E-state index contributed by atoms with van der Waals surface area (Å²) in [6.45, 7) is 0. The Morgan fingerprint density at radius 2 is 2.21 bits per heavy atom. The van der Waals surface area contributed by atoms with E-state index in [9.17, 15) is 4.79 Å². The summed E-state index contributed by atoms with van der Waals surface area (Å²) in [4.78, 5) is 16.0. The number of rotatable bonds is 2. The average molecular weight is 272 g/mol. The van der Waals surface area contributed by atoms with Crippen molar-refractivity contribution in [3.05, 3.63) is 35.5 Å². The lowest BCUT2D eigenvalue weighted by atomic mass is 9.82. The predicted octanol–water partition coefficient (Wildman–Crippen LogP) is 3.08. The van der Waals surface area contributed by atoms with E-state index in [1.165, 1.54) is 0 Å². The van der Waals surface area contributed by atoms with Gasteiger partial charge in [0.25, 0.3) is 0 Å². The standard InChI is InChI=1S/C15H16N2OS/c16-15-10-5-1-2-6-11(10)17-12-7-3-4-9(14(12)15)8-13(18)19/h1-2,5-6,9H,3-4,7-8H2,(H2,16,17)(H,18,19). The Balaban J connectivity index is 2.19. The SMILES string of the molecule is Nc1c2c(nc3ccccc13)CCCC2CC(=O)S. The number of carbonyl (C=O) groups is 1. The van der Waals surface area contributed by atoms with E-state index in [2.05, 4.69) is 12.6 Å². The first-order chi connectivity index (χ1) is 9.16. The second kappa shape index (κ2) is 4.85. The number of para-hydroxylation sites is 1. The van der Waals surface area contributed by atoms with Crippen LogP contribution in [0.2, 0.25) is 0 Å². The molecule has 2 aromatic rings. The molecule has 4 heteroatoms. The fourth-order valence-electron chi connectivity index (χ4n) is 3.03. The predicted molar refractivity (Wildman–Crippen MR) is 80.4 cm³/mol. The van der Waals surface area contributed by atoms with Crippen LogP contribution in [0.3, 0.4) is 0 Å². The fraction of sp³-hybridized carbons (Fsp3) is 0.333. The van der Waals surface area contributed by atoms with Crippen molar-refractivity contribution < 1.29 is 4.79 Å². The van der Waals surface area contributed by atoms with Crippen LogP contribution >= 0.6 is 12.6 Å². The quantitative estimate of drug-likeness (QED) is 0.826. The highest BCUT2D eigenvalue weighted by atomic mass is 32.1. The van der Waals surface area contributed by atoms with Crippen molar-refractivity contribution in [2.75, 3.05) is 5.73 Å². The lowest BCUT2D eigenvalue weighted by molar-refractivity contribution is -0.111. The Morgan fingerprint density at radius 1 is 1.42 bits per heavy atom. The number of anilines is 1. The highest BCUT2D eigenvalue weighted by molar-refractivity contribution is 7.96. The maximum absolute atomic E-state index is 11.3. The molecule has 1 aliphatic rings. The molecule has 0 radical (unpaired) electrons. The molecule has 19 heavy (non-hydrogen) atoms. The van der Waals surface area contributed by atoms with Gasteiger partial charge in [0, 0.05) is 28.8 Å². The van der Waals surface area contributed by atoms with Gasteiger partial charge in [-0.15, -0.1) is 12.6 Å². The van der Waals surface area contributed by atoms with Crippen LogP contribution in [0.25, 0.3) is 10.9 Å². The van der Waals surface area contributed by atoms with Crippen LogP contribution in [0.5, 0.6) is 0 Å². The summed E-state index contributed by atoms with van der Waals surface area (Å²) in [7, 11) is 0. The first-order valence-electron chi connectivity index (χ1n) is 6.55. The van der Waals surface area contributed by atoms with Gasteiger partial charge in [-0.05, 0) is 31.2 Å². The molecule has 0 bridgehead atoms. The zero-order valence-corrected chi connectivity index (χ0v) is 11.5. The van der Waals surface area contributed by atoms with E-state index < -0.39 is 0 Å². The summed E-state index contributed by atoms with van der Waals surface area (Å²) in [5.74, 6) is 0.172. The normalized spacial score (nSPS) is 18.3. The topological polar surface area (TPSA) is 56.0 Å². The molecule has 0 saturated carbocycles. The molecule has 98 valence electrons. The summed E-state index contributed by atoms with van der Waals surface area (Å²) in [5, 5.41) is 0.908. The minimum atomic E-state index is -0.0783. The van der Waals surface area contributed by atoms with Gasteiger partial charge in [0.15, 0.2) is 5.12 Å². The van der Waals surface area contributed by atoms with Gasteiger partial charge in [0.05, 0.1) is 5.52 Å². The number of hydrogen-bond donors (Lipinski definition) is 2. The minimum Gasteiger partial charge on any atom is -0.398 e. The number of fused-ring (bicyclic) bond motifs is 2. The van der Waals surface area contributed by atoms with Gasteiger partial charge in [-0.2, -0.15) is 0 Å². The number of hydrogen-bond acceptors (Lipinski definition) is 3. The Hall–Kier alpha value is -1.55. The van der Waals surface area contributed by atoms with Gasteiger partial charge >= 0.3 is 0 Å². The largest absolute Gasteiger partial charge is 0.398 e. The maximum Gasteiger partial charge on any atom is 0.186 e. The van der Waals surface area contributed by atoms with Crippen molar-refractivity contribution in [3.8, 4) is 0 Å². The number of thiol groups is 1. The first kappa shape index (κ1) is 12.5. The van der Waals surface area contributed by atoms with Gasteiger partial charge in [-0.1, -0.05) is 18.2 Å². The minimum absolute atomic E-state index is 0.0783. The molecule has 1 atom stereocenters. The van der Waals surface area contributed by atoms with Crippen LogP contribution < -0.4 is 5.73 Å². The van der Waals surface area contributed by atoms with E-state index in [0.29, 0.717) is 6.42 Å². The smallest absolute Gasteiger partial charge is 0.186 e. The number of aromatic nitrogens is 1. The Bertz CT molecular complexity index is 654. The third kappa shape index (κ3) is 2.21. The van der Waals surface area contributed by atoms with Crippen LogP contribution in [0.1, 0.15) is 36.4 Å². The van der Waals surface area contributed by atoms with Gasteiger partial charge in [-0.3, -0.25) is 9.78 Å². The number of carbonyl (C=O) groups excluding carboxylic acids is 1. The van der Waals surface area contributed by atoms with Crippen molar-refractivity contribution in [3.63, 3.8) is 0 Å². The van der Waals surface area contributed by atoms with Crippen molar-refractivity contribution >= 4 is 34.3 Å². The molecular weight excluding hydrogens is 256 g/mol. The molecule has 0 fully saturated rings. The summed E-state index contributed by atoms with van der Waals surface area (Å²) in [6.07, 6.45) is 3.44. The van der Waals surface area contributed by atoms with Gasteiger partial charge in [-0.25, -0.2) is 0 Å². The molecular formula is C15H16N2OS. The highest BCUT2D eigenvalue weighted by Crippen LogP contribution is 2.40. The number of benzene rings is 1. The van der Waals surface area contributed by atoms with Crippen LogP contribution in [0, 0.1) is 0 Å². The van der Waals surface area contributed by atoms with E-state index in [4.69, 9.17) is 10.7 Å². The molecule has 0 saturated heterocycles. The fourth-order valence-corrected chi connectivity index (χ4v) is 3.25. The van der Waals surface area contributed by atoms with E-state index >= 15 is 0 Å². The van der Waals surface area contributed by atoms with Crippen molar-refractivity contribution in [1.29, 1.82) is 0 Å². The van der Waals surface area contributed by atoms with Gasteiger partial charge in [0.2, 0.25) is 0 Å². The van der Waals surface area contributed by atoms with Crippen LogP contribution in [-0.2, 0) is 11.2 Å². The average Bonchev–Trinajstić information content (AvgIpc) is 2.38. The molecule has 2 N–H and O–H groups in total. The van der Waals surface area contributed by atoms with E-state index in [1.807, 2.05) is 24.3 Å². The molecule has 1 unspecified atom stereocenters.